The topological polar surface area (TPSA) is 60.2 Å². The van der Waals surface area contributed by atoms with Crippen LogP contribution in [0, 0.1) is 0 Å². The third-order valence-electron chi connectivity index (χ3n) is 3.36. The van der Waals surface area contributed by atoms with Crippen LogP contribution in [0.25, 0.3) is 0 Å². The Kier molecular flexibility index (Phi) is 2.18. The first-order chi connectivity index (χ1) is 8.65. The number of nitrogens with two attached hydrogens (primary N) is 1. The molecule has 0 aromatic heterocycles. The number of rotatable bonds is 1. The monoisotopic (exact) mass is 237 g/mol. The molecule has 0 atom stereocenters. The Labute approximate surface area is 104 Å². The van der Waals surface area contributed by atoms with Gasteiger partial charge in [-0.05, 0) is 5.56 Å². The Morgan fingerprint density at radius 2 is 1.17 bits per heavy atom. The zero-order chi connectivity index (χ0) is 12.8. The highest BCUT2D eigenvalue weighted by atomic mass is 16.2. The van der Waals surface area contributed by atoms with Gasteiger partial charge in [0.05, 0.1) is 0 Å². The summed E-state index contributed by atoms with van der Waals surface area (Å²) in [6.07, 6.45) is 0. The van der Waals surface area contributed by atoms with E-state index in [1.807, 2.05) is 6.07 Å². The molecule has 18 heavy (non-hydrogen) atoms. The normalized spacial score (nSPS) is 16.7. The minimum absolute atomic E-state index is 0.325. The van der Waals surface area contributed by atoms with Crippen LogP contribution in [0.5, 0.6) is 0 Å². The lowest BCUT2D eigenvalue weighted by atomic mass is 9.86. The lowest BCUT2D eigenvalue weighted by molar-refractivity contribution is 0.0799. The van der Waals surface area contributed by atoms with Crippen LogP contribution < -0.4 is 5.73 Å². The number of Topliss-reactive ketones (excluding diaryl/α,β-unsaturated/α-hetero) is 2. The largest absolute Gasteiger partial charge is 0.308 e. The highest BCUT2D eigenvalue weighted by Gasteiger charge is 2.51. The molecule has 0 aliphatic heterocycles. The maximum atomic E-state index is 12.4. The molecule has 2 aromatic rings. The second-order valence-electron chi connectivity index (χ2n) is 4.38. The zero-order valence-electron chi connectivity index (χ0n) is 9.59. The van der Waals surface area contributed by atoms with E-state index >= 15 is 0 Å². The fourth-order valence-electron chi connectivity index (χ4n) is 2.37. The van der Waals surface area contributed by atoms with Crippen LogP contribution >= 0.6 is 0 Å². The number of carbonyl (C=O) groups is 2. The highest BCUT2D eigenvalue weighted by molar-refractivity contribution is 6.32. The van der Waals surface area contributed by atoms with Crippen molar-refractivity contribution in [2.75, 3.05) is 0 Å². The van der Waals surface area contributed by atoms with E-state index in [0.29, 0.717) is 16.7 Å². The van der Waals surface area contributed by atoms with Crippen LogP contribution in [0.4, 0.5) is 0 Å². The summed E-state index contributed by atoms with van der Waals surface area (Å²) in [5.41, 5.74) is 5.91. The summed E-state index contributed by atoms with van der Waals surface area (Å²) in [5, 5.41) is 0. The molecule has 1 aliphatic rings. The molecule has 2 N–H and O–H groups in total. The third kappa shape index (κ3) is 1.22. The molecule has 0 unspecified atom stereocenters. The van der Waals surface area contributed by atoms with Crippen molar-refractivity contribution in [1.82, 2.24) is 0 Å². The molecule has 0 fully saturated rings. The van der Waals surface area contributed by atoms with Crippen molar-refractivity contribution in [3.63, 3.8) is 0 Å². The summed E-state index contributed by atoms with van der Waals surface area (Å²) in [7, 11) is 0. The molecule has 0 heterocycles. The standard InChI is InChI=1S/C15H11NO2/c16-15(10-6-2-1-3-7-10)13(17)11-8-4-5-9-12(11)14(15)18/h1-9H,16H2. The molecule has 0 amide bonds. The van der Waals surface area contributed by atoms with Gasteiger partial charge in [-0.15, -0.1) is 0 Å². The Morgan fingerprint density at radius 3 is 1.67 bits per heavy atom. The Bertz CT molecular complexity index is 612. The summed E-state index contributed by atoms with van der Waals surface area (Å²) < 4.78 is 0. The molecule has 3 heteroatoms. The van der Waals surface area contributed by atoms with Crippen LogP contribution in [0.2, 0.25) is 0 Å². The van der Waals surface area contributed by atoms with E-state index in [1.54, 1.807) is 48.5 Å². The SMILES string of the molecule is NC1(c2ccccc2)C(=O)c2ccccc2C1=O. The number of benzene rings is 2. The van der Waals surface area contributed by atoms with E-state index in [0.717, 1.165) is 0 Å². The van der Waals surface area contributed by atoms with Crippen molar-refractivity contribution < 1.29 is 9.59 Å². The van der Waals surface area contributed by atoms with Crippen molar-refractivity contribution in [2.45, 2.75) is 5.54 Å². The zero-order valence-corrected chi connectivity index (χ0v) is 9.59. The van der Waals surface area contributed by atoms with Gasteiger partial charge in [0, 0.05) is 11.1 Å². The highest BCUT2D eigenvalue weighted by Crippen LogP contribution is 2.35. The van der Waals surface area contributed by atoms with Gasteiger partial charge in [0.1, 0.15) is 0 Å². The van der Waals surface area contributed by atoms with Gasteiger partial charge in [-0.1, -0.05) is 54.6 Å². The maximum absolute atomic E-state index is 12.4. The van der Waals surface area contributed by atoms with Crippen LogP contribution in [0.3, 0.4) is 0 Å². The summed E-state index contributed by atoms with van der Waals surface area (Å²) in [5.74, 6) is -0.649. The summed E-state index contributed by atoms with van der Waals surface area (Å²) in [6, 6.07) is 15.6. The minimum Gasteiger partial charge on any atom is -0.308 e. The lowest BCUT2D eigenvalue weighted by Crippen LogP contribution is -2.47. The fourth-order valence-corrected chi connectivity index (χ4v) is 2.37. The molecular formula is C15H11NO2. The first-order valence-corrected chi connectivity index (χ1v) is 5.68. The molecule has 0 saturated heterocycles. The van der Waals surface area contributed by atoms with Gasteiger partial charge in [-0.25, -0.2) is 0 Å². The number of carbonyl (C=O) groups excluding carboxylic acids is 2. The Balaban J connectivity index is 2.23. The molecule has 3 nitrogen and oxygen atoms in total. The molecule has 0 bridgehead atoms. The van der Waals surface area contributed by atoms with E-state index in [9.17, 15) is 9.59 Å². The lowest BCUT2D eigenvalue weighted by Gasteiger charge is -2.20. The number of hydrogen-bond acceptors (Lipinski definition) is 3. The van der Waals surface area contributed by atoms with Crippen molar-refractivity contribution in [3.05, 3.63) is 71.3 Å². The Hall–Kier alpha value is -2.26. The van der Waals surface area contributed by atoms with Crippen molar-refractivity contribution in [1.29, 1.82) is 0 Å². The quantitative estimate of drug-likeness (QED) is 0.771. The molecule has 0 spiro atoms. The van der Waals surface area contributed by atoms with Gasteiger partial charge >= 0.3 is 0 Å². The van der Waals surface area contributed by atoms with E-state index in [-0.39, 0.29) is 11.6 Å². The van der Waals surface area contributed by atoms with Crippen LogP contribution in [-0.2, 0) is 5.54 Å². The molecular weight excluding hydrogens is 226 g/mol. The predicted octanol–water partition coefficient (Wildman–Crippen LogP) is 1.92. The first kappa shape index (κ1) is 10.9. The molecule has 0 saturated carbocycles. The van der Waals surface area contributed by atoms with Gasteiger partial charge in [0.25, 0.3) is 0 Å². The first-order valence-electron chi connectivity index (χ1n) is 5.68. The van der Waals surface area contributed by atoms with Crippen molar-refractivity contribution in [3.8, 4) is 0 Å². The minimum atomic E-state index is -1.56. The average Bonchev–Trinajstić information content (AvgIpc) is 2.64. The van der Waals surface area contributed by atoms with Gasteiger partial charge in [0.2, 0.25) is 0 Å². The molecule has 3 rings (SSSR count). The second kappa shape index (κ2) is 3.62. The maximum Gasteiger partial charge on any atom is 0.195 e. The molecule has 0 radical (unpaired) electrons. The summed E-state index contributed by atoms with van der Waals surface area (Å²) in [4.78, 5) is 24.8. The molecule has 2 aromatic carbocycles. The summed E-state index contributed by atoms with van der Waals surface area (Å²) >= 11 is 0. The molecule has 1 aliphatic carbocycles. The third-order valence-corrected chi connectivity index (χ3v) is 3.36. The number of ketones is 2. The van der Waals surface area contributed by atoms with Crippen LogP contribution in [0.1, 0.15) is 26.3 Å². The van der Waals surface area contributed by atoms with Crippen molar-refractivity contribution >= 4 is 11.6 Å². The smallest absolute Gasteiger partial charge is 0.195 e. The van der Waals surface area contributed by atoms with Crippen molar-refractivity contribution in [2.24, 2.45) is 5.73 Å². The van der Waals surface area contributed by atoms with Gasteiger partial charge in [-0.2, -0.15) is 0 Å². The van der Waals surface area contributed by atoms with E-state index < -0.39 is 5.54 Å². The molecule has 88 valence electrons. The fraction of sp³-hybridized carbons (Fsp3) is 0.0667. The summed E-state index contributed by atoms with van der Waals surface area (Å²) in [6.45, 7) is 0. The Morgan fingerprint density at radius 1 is 0.722 bits per heavy atom. The van der Waals surface area contributed by atoms with Gasteiger partial charge in [0.15, 0.2) is 17.1 Å². The van der Waals surface area contributed by atoms with E-state index in [4.69, 9.17) is 5.73 Å². The number of hydrogen-bond donors (Lipinski definition) is 1. The van der Waals surface area contributed by atoms with E-state index in [2.05, 4.69) is 0 Å². The van der Waals surface area contributed by atoms with Crippen LogP contribution in [0.15, 0.2) is 54.6 Å². The van der Waals surface area contributed by atoms with Gasteiger partial charge in [-0.3, -0.25) is 9.59 Å². The average molecular weight is 237 g/mol. The predicted molar refractivity (Wildman–Crippen MR) is 67.4 cm³/mol. The van der Waals surface area contributed by atoms with E-state index in [1.165, 1.54) is 0 Å². The second-order valence-corrected chi connectivity index (χ2v) is 4.38. The van der Waals surface area contributed by atoms with Gasteiger partial charge < -0.3 is 5.73 Å². The number of fused-ring (bicyclic) bond motifs is 1. The van der Waals surface area contributed by atoms with Crippen LogP contribution in [-0.4, -0.2) is 11.6 Å².